The fourth-order valence-corrected chi connectivity index (χ4v) is 9.01. The molecular weight excluding hydrogens is 775 g/mol. The lowest BCUT2D eigenvalue weighted by atomic mass is 9.92. The summed E-state index contributed by atoms with van der Waals surface area (Å²) in [7, 11) is 0. The maximum absolute atomic E-state index is 2.35. The van der Waals surface area contributed by atoms with E-state index in [0.29, 0.717) is 0 Å². The van der Waals surface area contributed by atoms with Gasteiger partial charge in [-0.1, -0.05) is 133 Å². The minimum absolute atomic E-state index is 1.09. The number of benzene rings is 9. The van der Waals surface area contributed by atoms with E-state index in [0.717, 1.165) is 28.3 Å². The molecule has 0 aliphatic rings. The standard InChI is InChI=1S/C61H45N3/c1-2-36-62-37-34-51-39-49(24-32-60(51)62)54-41-53(42-55(43-54)50-25-33-61-52(40-50)35-38-63(61)56-16-10-5-11-17-56)48-22-30-59(31-23-48)64(57-26-18-46(19-27-57)44-12-6-3-7-13-44)58-28-20-47(21-29-58)45-14-8-4-9-15-45/h2-43H,1H3/b36-2+. The Morgan fingerprint density at radius 3 is 1.22 bits per heavy atom. The average Bonchev–Trinajstić information content (AvgIpc) is 3.99. The van der Waals surface area contributed by atoms with Gasteiger partial charge in [-0.05, 0) is 166 Å². The first-order valence-electron chi connectivity index (χ1n) is 21.9. The van der Waals surface area contributed by atoms with Crippen molar-refractivity contribution in [2.75, 3.05) is 4.90 Å². The van der Waals surface area contributed by atoms with Crippen molar-refractivity contribution in [2.24, 2.45) is 0 Å². The Kier molecular flexibility index (Phi) is 10.1. The Morgan fingerprint density at radius 2 is 0.719 bits per heavy atom. The third-order valence-corrected chi connectivity index (χ3v) is 12.3. The number of anilines is 3. The van der Waals surface area contributed by atoms with E-state index in [4.69, 9.17) is 0 Å². The first-order valence-corrected chi connectivity index (χ1v) is 21.9. The molecule has 0 atom stereocenters. The van der Waals surface area contributed by atoms with Crippen molar-refractivity contribution in [3.8, 4) is 61.3 Å². The second kappa shape index (κ2) is 16.8. The van der Waals surface area contributed by atoms with Crippen LogP contribution in [0.4, 0.5) is 17.1 Å². The Balaban J connectivity index is 0.997. The summed E-state index contributed by atoms with van der Waals surface area (Å²) in [5.74, 6) is 0. The predicted molar refractivity (Wildman–Crippen MR) is 272 cm³/mol. The second-order valence-corrected chi connectivity index (χ2v) is 16.3. The van der Waals surface area contributed by atoms with Gasteiger partial charge in [0.1, 0.15) is 0 Å². The molecular formula is C61H45N3. The summed E-state index contributed by atoms with van der Waals surface area (Å²) in [6.45, 7) is 2.05. The molecule has 2 heterocycles. The van der Waals surface area contributed by atoms with Crippen LogP contribution >= 0.6 is 0 Å². The number of aromatic nitrogens is 2. The van der Waals surface area contributed by atoms with E-state index in [2.05, 4.69) is 276 Å². The quantitative estimate of drug-likeness (QED) is 0.134. The minimum atomic E-state index is 1.09. The summed E-state index contributed by atoms with van der Waals surface area (Å²) >= 11 is 0. The molecule has 9 aromatic carbocycles. The highest BCUT2D eigenvalue weighted by Gasteiger charge is 2.16. The van der Waals surface area contributed by atoms with Crippen LogP contribution in [0.3, 0.4) is 0 Å². The summed E-state index contributed by atoms with van der Waals surface area (Å²) < 4.78 is 4.44. The zero-order chi connectivity index (χ0) is 42.8. The number of allylic oxidation sites excluding steroid dienone is 1. The zero-order valence-electron chi connectivity index (χ0n) is 35.6. The predicted octanol–water partition coefficient (Wildman–Crippen LogP) is 16.9. The summed E-state index contributed by atoms with van der Waals surface area (Å²) in [6, 6.07) is 83.6. The molecule has 0 N–H and O–H groups in total. The topological polar surface area (TPSA) is 13.1 Å². The van der Waals surface area contributed by atoms with Crippen LogP contribution in [0, 0.1) is 0 Å². The average molecular weight is 820 g/mol. The maximum atomic E-state index is 2.35. The van der Waals surface area contributed by atoms with E-state index in [-0.39, 0.29) is 0 Å². The lowest BCUT2D eigenvalue weighted by Crippen LogP contribution is -2.09. The van der Waals surface area contributed by atoms with E-state index in [9.17, 15) is 0 Å². The van der Waals surface area contributed by atoms with Crippen molar-refractivity contribution < 1.29 is 0 Å². The van der Waals surface area contributed by atoms with Crippen molar-refractivity contribution in [1.82, 2.24) is 9.13 Å². The summed E-state index contributed by atoms with van der Waals surface area (Å²) in [6.07, 6.45) is 8.47. The van der Waals surface area contributed by atoms with Gasteiger partial charge < -0.3 is 14.0 Å². The molecule has 0 radical (unpaired) electrons. The maximum Gasteiger partial charge on any atom is 0.0528 e. The monoisotopic (exact) mass is 819 g/mol. The molecule has 0 saturated carbocycles. The molecule has 0 amide bonds. The van der Waals surface area contributed by atoms with Gasteiger partial charge in [-0.2, -0.15) is 0 Å². The van der Waals surface area contributed by atoms with Crippen LogP contribution in [0.2, 0.25) is 0 Å². The van der Waals surface area contributed by atoms with Crippen LogP contribution in [0.5, 0.6) is 0 Å². The lowest BCUT2D eigenvalue weighted by molar-refractivity contribution is 1.13. The molecule has 0 aliphatic carbocycles. The van der Waals surface area contributed by atoms with Gasteiger partial charge in [-0.25, -0.2) is 0 Å². The highest BCUT2D eigenvalue weighted by atomic mass is 15.1. The number of para-hydroxylation sites is 1. The molecule has 11 rings (SSSR count). The van der Waals surface area contributed by atoms with Crippen molar-refractivity contribution >= 4 is 45.1 Å². The van der Waals surface area contributed by atoms with Crippen LogP contribution in [0.25, 0.3) is 89.3 Å². The van der Waals surface area contributed by atoms with Crippen LogP contribution in [-0.4, -0.2) is 9.13 Å². The largest absolute Gasteiger partial charge is 0.324 e. The molecule has 3 heteroatoms. The van der Waals surface area contributed by atoms with Crippen molar-refractivity contribution in [3.63, 3.8) is 0 Å². The minimum Gasteiger partial charge on any atom is -0.324 e. The van der Waals surface area contributed by atoms with Gasteiger partial charge in [0.25, 0.3) is 0 Å². The molecule has 0 saturated heterocycles. The van der Waals surface area contributed by atoms with Gasteiger partial charge in [0.15, 0.2) is 0 Å². The lowest BCUT2D eigenvalue weighted by Gasteiger charge is -2.26. The highest BCUT2D eigenvalue weighted by molar-refractivity contribution is 5.92. The summed E-state index contributed by atoms with van der Waals surface area (Å²) in [5, 5.41) is 2.42. The first kappa shape index (κ1) is 38.5. The van der Waals surface area contributed by atoms with Gasteiger partial charge in [0.05, 0.1) is 11.0 Å². The van der Waals surface area contributed by atoms with Crippen molar-refractivity contribution in [3.05, 3.63) is 249 Å². The molecule has 0 unspecified atom stereocenters. The molecule has 304 valence electrons. The zero-order valence-corrected chi connectivity index (χ0v) is 35.6. The molecule has 64 heavy (non-hydrogen) atoms. The first-order chi connectivity index (χ1) is 31.6. The van der Waals surface area contributed by atoms with Gasteiger partial charge in [-0.3, -0.25) is 0 Å². The van der Waals surface area contributed by atoms with Crippen molar-refractivity contribution in [2.45, 2.75) is 6.92 Å². The van der Waals surface area contributed by atoms with Gasteiger partial charge in [0, 0.05) is 52.1 Å². The van der Waals surface area contributed by atoms with Crippen LogP contribution < -0.4 is 4.90 Å². The molecule has 3 nitrogen and oxygen atoms in total. The van der Waals surface area contributed by atoms with Crippen LogP contribution in [-0.2, 0) is 0 Å². The third kappa shape index (κ3) is 7.50. The van der Waals surface area contributed by atoms with E-state index >= 15 is 0 Å². The number of hydrogen-bond acceptors (Lipinski definition) is 1. The van der Waals surface area contributed by atoms with E-state index < -0.39 is 0 Å². The second-order valence-electron chi connectivity index (χ2n) is 16.3. The Labute approximate surface area is 374 Å². The number of nitrogens with zero attached hydrogens (tertiary/aromatic N) is 3. The molecule has 0 aliphatic heterocycles. The molecule has 0 bridgehead atoms. The smallest absolute Gasteiger partial charge is 0.0528 e. The molecule has 11 aromatic rings. The molecule has 0 fully saturated rings. The SMILES string of the molecule is C/C=C/n1ccc2cc(-c3cc(-c4ccc(N(c5ccc(-c6ccccc6)cc5)c5ccc(-c6ccccc6)cc5)cc4)cc(-c4ccc5c(ccn5-c5ccccc5)c4)c3)ccc21. The van der Waals surface area contributed by atoms with Crippen molar-refractivity contribution in [1.29, 1.82) is 0 Å². The van der Waals surface area contributed by atoms with Crippen LogP contribution in [0.1, 0.15) is 6.92 Å². The Hall–Kier alpha value is -8.40. The number of fused-ring (bicyclic) bond motifs is 2. The van der Waals surface area contributed by atoms with E-state index in [1.807, 2.05) is 0 Å². The Morgan fingerprint density at radius 1 is 0.328 bits per heavy atom. The third-order valence-electron chi connectivity index (χ3n) is 12.3. The fraction of sp³-hybridized carbons (Fsp3) is 0.0164. The summed E-state index contributed by atoms with van der Waals surface area (Å²) in [4.78, 5) is 2.35. The van der Waals surface area contributed by atoms with Gasteiger partial charge in [-0.15, -0.1) is 0 Å². The van der Waals surface area contributed by atoms with E-state index in [1.54, 1.807) is 0 Å². The molecule has 2 aromatic heterocycles. The van der Waals surface area contributed by atoms with Gasteiger partial charge >= 0.3 is 0 Å². The fourth-order valence-electron chi connectivity index (χ4n) is 9.01. The normalized spacial score (nSPS) is 11.5. The number of rotatable bonds is 10. The van der Waals surface area contributed by atoms with Crippen LogP contribution in [0.15, 0.2) is 249 Å². The Bertz CT molecular complexity index is 3310. The highest BCUT2D eigenvalue weighted by Crippen LogP contribution is 2.40. The summed E-state index contributed by atoms with van der Waals surface area (Å²) in [5.41, 5.74) is 18.7. The van der Waals surface area contributed by atoms with Gasteiger partial charge in [0.2, 0.25) is 0 Å². The number of hydrogen-bond donors (Lipinski definition) is 0. The van der Waals surface area contributed by atoms with E-state index in [1.165, 1.54) is 71.9 Å². The molecule has 0 spiro atoms.